The molecule has 1 aromatic rings. The minimum atomic E-state index is -3.40. The van der Waals surface area contributed by atoms with Crippen LogP contribution in [-0.2, 0) is 14.6 Å². The number of benzene rings is 1. The predicted molar refractivity (Wildman–Crippen MR) is 255 cm³/mol. The molecule has 0 unspecified atom stereocenters. The van der Waals surface area contributed by atoms with E-state index in [-0.39, 0.29) is 60.7 Å². The van der Waals surface area contributed by atoms with Gasteiger partial charge in [0.25, 0.3) is 5.78 Å². The summed E-state index contributed by atoms with van der Waals surface area (Å²) in [6, 6.07) is 4.43. The molecule has 5 rings (SSSR count). The number of Topliss-reactive ketones (excluding diaryl/α,β-unsaturated/α-hetero) is 1. The summed E-state index contributed by atoms with van der Waals surface area (Å²) in [6.45, 7) is 20.8. The van der Waals surface area contributed by atoms with Crippen molar-refractivity contribution in [3.05, 3.63) is 40.9 Å². The monoisotopic (exact) mass is 823 g/mol. The maximum Gasteiger partial charge on any atom is 0.362 e. The van der Waals surface area contributed by atoms with Crippen LogP contribution in [0.5, 0.6) is 0 Å². The molecule has 1 aromatic carbocycles. The Labute approximate surface area is 357 Å². The number of hydrogen-bond acceptors (Lipinski definition) is 4. The van der Waals surface area contributed by atoms with Crippen molar-refractivity contribution in [3.63, 3.8) is 0 Å². The van der Waals surface area contributed by atoms with Crippen LogP contribution in [0.3, 0.4) is 0 Å². The van der Waals surface area contributed by atoms with Gasteiger partial charge in [0.15, 0.2) is 9.84 Å². The molecule has 57 heavy (non-hydrogen) atoms. The molecule has 0 atom stereocenters. The molecule has 338 valence electrons. The van der Waals surface area contributed by atoms with Crippen LogP contribution in [0.1, 0.15) is 219 Å². The Hall–Kier alpha value is -2.08. The van der Waals surface area contributed by atoms with Gasteiger partial charge in [-0.25, -0.2) is 8.42 Å². The highest BCUT2D eigenvalue weighted by Gasteiger charge is 2.39. The van der Waals surface area contributed by atoms with Crippen molar-refractivity contribution in [2.45, 2.75) is 208 Å². The Kier molecular flexibility index (Phi) is 36.8. The number of hydrogen-bond donors (Lipinski definition) is 0. The molecule has 0 aromatic heterocycles. The quantitative estimate of drug-likeness (QED) is 0.141. The van der Waals surface area contributed by atoms with Crippen molar-refractivity contribution in [1.29, 1.82) is 0 Å². The first-order valence-corrected chi connectivity index (χ1v) is 22.5. The van der Waals surface area contributed by atoms with E-state index in [9.17, 15) is 13.2 Å². The lowest BCUT2D eigenvalue weighted by Gasteiger charge is -2.46. The van der Waals surface area contributed by atoms with E-state index in [4.69, 9.17) is 10.3 Å². The summed E-state index contributed by atoms with van der Waals surface area (Å²) in [5, 5.41) is 0. The van der Waals surface area contributed by atoms with E-state index in [1.54, 1.807) is 0 Å². The van der Waals surface area contributed by atoms with Gasteiger partial charge in [-0.05, 0) is 91.6 Å². The molecule has 4 aliphatic carbocycles. The third-order valence-electron chi connectivity index (χ3n) is 12.4. The minimum Gasteiger partial charge on any atom is -0.381 e. The minimum absolute atomic E-state index is 0. The average molecular weight is 823 g/mol. The van der Waals surface area contributed by atoms with Crippen LogP contribution in [0, 0.1) is 40.9 Å². The third kappa shape index (κ3) is 21.1. The lowest BCUT2D eigenvalue weighted by atomic mass is 9.59. The lowest BCUT2D eigenvalue weighted by Crippen LogP contribution is -2.36. The highest BCUT2D eigenvalue weighted by Crippen LogP contribution is 2.49. The molecule has 0 amide bonds. The average Bonchev–Trinajstić information content (AvgIpc) is 3.13. The zero-order valence-electron chi connectivity index (χ0n) is 34.0. The van der Waals surface area contributed by atoms with E-state index >= 15 is 0 Å². The number of ketones is 1. The van der Waals surface area contributed by atoms with Gasteiger partial charge >= 0.3 is 5.71 Å². The molecule has 4 aliphatic rings. The second-order valence-electron chi connectivity index (χ2n) is 16.7. The summed E-state index contributed by atoms with van der Waals surface area (Å²) in [5.74, 6) is 5.66. The molecule has 0 spiro atoms. The number of nitrogens with zero attached hydrogens (tertiary/aromatic N) is 2. The number of carbonyl (C=O) groups excluding carboxylic acids is 1. The molecule has 0 saturated heterocycles. The van der Waals surface area contributed by atoms with Crippen LogP contribution in [-0.4, -0.2) is 44.2 Å². The fraction of sp³-hybridized carbons (Fsp3) is 0.800. The first-order chi connectivity index (χ1) is 24.2. The van der Waals surface area contributed by atoms with Crippen LogP contribution in [0.25, 0.3) is 11.6 Å². The molecular formula is C50H98N2O4S. The van der Waals surface area contributed by atoms with Gasteiger partial charge in [0.2, 0.25) is 0 Å². The second kappa shape index (κ2) is 32.7. The van der Waals surface area contributed by atoms with E-state index in [1.807, 2.05) is 0 Å². The fourth-order valence-electron chi connectivity index (χ4n) is 8.47. The van der Waals surface area contributed by atoms with Crippen LogP contribution >= 0.6 is 0 Å². The number of sulfone groups is 1. The Balaban J connectivity index is -0.000000214. The van der Waals surface area contributed by atoms with E-state index in [2.05, 4.69) is 60.2 Å². The largest absolute Gasteiger partial charge is 0.381 e. The Morgan fingerprint density at radius 2 is 1.09 bits per heavy atom. The molecule has 0 heterocycles. The molecular weight excluding hydrogens is 725 g/mol. The van der Waals surface area contributed by atoms with Gasteiger partial charge in [-0.3, -0.25) is 4.79 Å². The smallest absolute Gasteiger partial charge is 0.362 e. The van der Waals surface area contributed by atoms with Gasteiger partial charge in [0.05, 0.1) is 4.90 Å². The summed E-state index contributed by atoms with van der Waals surface area (Å²) in [6.07, 6.45) is 26.9. The van der Waals surface area contributed by atoms with Crippen molar-refractivity contribution < 1.29 is 22.7 Å². The van der Waals surface area contributed by atoms with Crippen LogP contribution in [0.4, 0.5) is 0 Å². The number of ether oxygens (including phenoxy) is 1. The Morgan fingerprint density at radius 1 is 0.684 bits per heavy atom. The van der Waals surface area contributed by atoms with Crippen molar-refractivity contribution in [2.24, 2.45) is 40.9 Å². The maximum atomic E-state index is 11.8. The number of rotatable bonds is 9. The summed E-state index contributed by atoms with van der Waals surface area (Å²) in [4.78, 5) is 14.7. The second-order valence-corrected chi connectivity index (χ2v) is 18.7. The molecule has 0 N–H and O–H groups in total. The van der Waals surface area contributed by atoms with Crippen LogP contribution in [0.15, 0.2) is 29.2 Å². The van der Waals surface area contributed by atoms with E-state index < -0.39 is 15.6 Å². The van der Waals surface area contributed by atoms with Crippen molar-refractivity contribution in [3.8, 4) is 0 Å². The van der Waals surface area contributed by atoms with Crippen molar-refractivity contribution >= 4 is 27.4 Å². The van der Waals surface area contributed by atoms with Crippen LogP contribution in [0.2, 0.25) is 0 Å². The van der Waals surface area contributed by atoms with Gasteiger partial charge in [0.1, 0.15) is 0 Å². The highest BCUT2D eigenvalue weighted by molar-refractivity contribution is 7.90. The summed E-state index contributed by atoms with van der Waals surface area (Å²) in [7, 11) is -3.40. The van der Waals surface area contributed by atoms with E-state index in [1.165, 1.54) is 120 Å². The Morgan fingerprint density at radius 3 is 1.42 bits per heavy atom. The first kappa shape index (κ1) is 64.1. The van der Waals surface area contributed by atoms with Gasteiger partial charge in [-0.2, -0.15) is 4.79 Å². The van der Waals surface area contributed by atoms with Gasteiger partial charge < -0.3 is 10.3 Å². The molecule has 3 fully saturated rings. The van der Waals surface area contributed by atoms with Crippen LogP contribution < -0.4 is 0 Å². The fourth-order valence-corrected chi connectivity index (χ4v) is 9.38. The molecule has 0 radical (unpaired) electrons. The number of carbonyl (C=O) groups is 1. The molecule has 6 nitrogen and oxygen atoms in total. The van der Waals surface area contributed by atoms with Gasteiger partial charge in [-0.15, -0.1) is 0 Å². The van der Waals surface area contributed by atoms with E-state index in [0.717, 1.165) is 67.8 Å². The normalized spacial score (nSPS) is 23.5. The molecule has 3 saturated carbocycles. The summed E-state index contributed by atoms with van der Waals surface area (Å²) in [5.41, 5.74) is 9.68. The Bertz CT molecular complexity index is 1310. The zero-order valence-corrected chi connectivity index (χ0v) is 34.8. The molecule has 7 heteroatoms. The molecule has 0 bridgehead atoms. The van der Waals surface area contributed by atoms with Crippen molar-refractivity contribution in [1.82, 2.24) is 0 Å². The van der Waals surface area contributed by atoms with Crippen molar-refractivity contribution in [2.75, 3.05) is 19.5 Å². The third-order valence-corrected chi connectivity index (χ3v) is 13.6. The molecule has 0 aliphatic heterocycles. The first-order valence-electron chi connectivity index (χ1n) is 20.6. The predicted octanol–water partition coefficient (Wildman–Crippen LogP) is 15.9. The standard InChI is InChI=1S/C17H32.C11H8N2O3S.C10H20.C6H14O.6CH4/c1-13-5-9-15(10-6-13)17(3,4)16-11-7-14(2)8-12-16;1-17(15,16)10-4-2-3-8-7(10)5-6-9(13-12)11(8)14;1-3-9-5-7-10(4-2)8-6-9;1-3-5-7-6-4-2;;;;;;/h13-16H,5-12H2,1-4H3;2-6H,1H3;9-10H,3-8H2,1-2H3;3-6H2,1-2H3;6*1H4. The van der Waals surface area contributed by atoms with Gasteiger partial charge in [0, 0.05) is 36.7 Å². The van der Waals surface area contributed by atoms with Gasteiger partial charge in [-0.1, -0.05) is 176 Å². The number of fused-ring (bicyclic) bond motifs is 1. The maximum absolute atomic E-state index is 11.8. The SMILES string of the molecule is C.C.C.C.C.C.CC1CCC(C(C)(C)C2CCC(C)CC2)CC1.CCC1CCC(CC)CC1.CCCOCCC.CS(=O)(=O)c1cccc2c1C=CC(=[N+]=[N-])C2=O. The summed E-state index contributed by atoms with van der Waals surface area (Å²) >= 11 is 0. The zero-order chi connectivity index (χ0) is 38.0. The van der Waals surface area contributed by atoms with E-state index in [0.29, 0.717) is 11.0 Å². The lowest BCUT2D eigenvalue weighted by molar-refractivity contribution is -0.00436. The highest BCUT2D eigenvalue weighted by atomic mass is 32.2. The topological polar surface area (TPSA) is 96.8 Å². The number of allylic oxidation sites excluding steroid dienone is 1. The summed E-state index contributed by atoms with van der Waals surface area (Å²) < 4.78 is 28.2.